The van der Waals surface area contributed by atoms with Gasteiger partial charge in [0.25, 0.3) is 0 Å². The molecule has 0 amide bonds. The van der Waals surface area contributed by atoms with Crippen LogP contribution < -0.4 is 14.8 Å². The lowest BCUT2D eigenvalue weighted by atomic mass is 9.99. The standard InChI is InChI=1S/C20H23NO5/c1-13(20(23)24)21-15-10-12-17(25-2)19(26-3)18(15)16(22)11-9-14-7-5-4-6-8-14/h4-8,10,12-13,21H,9,11H2,1-3H3,(H,23,24)/t13-/m0/s1. The zero-order valence-corrected chi connectivity index (χ0v) is 15.1. The number of carbonyl (C=O) groups excluding carboxylic acids is 1. The van der Waals surface area contributed by atoms with Crippen LogP contribution in [0.2, 0.25) is 0 Å². The summed E-state index contributed by atoms with van der Waals surface area (Å²) in [5.74, 6) is -0.440. The first kappa shape index (κ1) is 19.3. The van der Waals surface area contributed by atoms with E-state index in [1.807, 2.05) is 30.3 Å². The van der Waals surface area contributed by atoms with Crippen molar-refractivity contribution in [3.63, 3.8) is 0 Å². The smallest absolute Gasteiger partial charge is 0.325 e. The maximum absolute atomic E-state index is 12.9. The van der Waals surface area contributed by atoms with Crippen molar-refractivity contribution in [3.05, 3.63) is 53.6 Å². The average Bonchev–Trinajstić information content (AvgIpc) is 2.66. The molecule has 0 aliphatic carbocycles. The first-order chi connectivity index (χ1) is 12.5. The van der Waals surface area contributed by atoms with Crippen LogP contribution >= 0.6 is 0 Å². The molecular formula is C20H23NO5. The van der Waals surface area contributed by atoms with Gasteiger partial charge in [0, 0.05) is 12.1 Å². The quantitative estimate of drug-likeness (QED) is 0.669. The fraction of sp³-hybridized carbons (Fsp3) is 0.300. The lowest BCUT2D eigenvalue weighted by molar-refractivity contribution is -0.137. The van der Waals surface area contributed by atoms with Crippen molar-refractivity contribution in [2.75, 3.05) is 19.5 Å². The molecule has 2 aromatic carbocycles. The van der Waals surface area contributed by atoms with Gasteiger partial charge in [-0.05, 0) is 31.0 Å². The number of aliphatic carboxylic acids is 1. The molecule has 6 heteroatoms. The molecule has 2 rings (SSSR count). The Labute approximate surface area is 152 Å². The molecule has 0 heterocycles. The molecule has 138 valence electrons. The van der Waals surface area contributed by atoms with E-state index in [0.29, 0.717) is 29.2 Å². The second-order valence-corrected chi connectivity index (χ2v) is 5.84. The Hall–Kier alpha value is -3.02. The highest BCUT2D eigenvalue weighted by atomic mass is 16.5. The number of anilines is 1. The van der Waals surface area contributed by atoms with E-state index >= 15 is 0 Å². The molecule has 0 unspecified atom stereocenters. The maximum atomic E-state index is 12.9. The van der Waals surface area contributed by atoms with Gasteiger partial charge in [0.15, 0.2) is 17.3 Å². The van der Waals surface area contributed by atoms with Gasteiger partial charge in [-0.25, -0.2) is 0 Å². The normalized spacial score (nSPS) is 11.5. The third-order valence-electron chi connectivity index (χ3n) is 4.05. The predicted octanol–water partition coefficient (Wildman–Crippen LogP) is 3.40. The van der Waals surface area contributed by atoms with Crippen LogP contribution in [0.25, 0.3) is 0 Å². The molecule has 2 aromatic rings. The second kappa shape index (κ2) is 8.89. The van der Waals surface area contributed by atoms with Crippen LogP contribution in [0, 0.1) is 0 Å². The second-order valence-electron chi connectivity index (χ2n) is 5.84. The number of Topliss-reactive ketones (excluding diaryl/α,β-unsaturated/α-hetero) is 1. The van der Waals surface area contributed by atoms with Crippen LogP contribution in [0.15, 0.2) is 42.5 Å². The van der Waals surface area contributed by atoms with Gasteiger partial charge in [-0.2, -0.15) is 0 Å². The number of aryl methyl sites for hydroxylation is 1. The van der Waals surface area contributed by atoms with Gasteiger partial charge in [-0.1, -0.05) is 30.3 Å². The van der Waals surface area contributed by atoms with Crippen LogP contribution in [-0.2, 0) is 11.2 Å². The van der Waals surface area contributed by atoms with E-state index in [2.05, 4.69) is 5.32 Å². The highest BCUT2D eigenvalue weighted by molar-refractivity contribution is 6.05. The molecule has 2 N–H and O–H groups in total. The number of ketones is 1. The maximum Gasteiger partial charge on any atom is 0.325 e. The van der Waals surface area contributed by atoms with E-state index in [0.717, 1.165) is 5.56 Å². The van der Waals surface area contributed by atoms with E-state index < -0.39 is 12.0 Å². The molecule has 0 radical (unpaired) electrons. The van der Waals surface area contributed by atoms with Gasteiger partial charge in [0.05, 0.1) is 19.8 Å². The molecule has 0 aliphatic heterocycles. The van der Waals surface area contributed by atoms with Crippen molar-refractivity contribution in [2.24, 2.45) is 0 Å². The largest absolute Gasteiger partial charge is 0.493 e. The van der Waals surface area contributed by atoms with Crippen molar-refractivity contribution >= 4 is 17.4 Å². The summed E-state index contributed by atoms with van der Waals surface area (Å²) in [6.45, 7) is 1.51. The van der Waals surface area contributed by atoms with Gasteiger partial charge < -0.3 is 19.9 Å². The van der Waals surface area contributed by atoms with Crippen molar-refractivity contribution in [3.8, 4) is 11.5 Å². The summed E-state index contributed by atoms with van der Waals surface area (Å²) in [4.78, 5) is 24.1. The van der Waals surface area contributed by atoms with Crippen LogP contribution in [-0.4, -0.2) is 37.1 Å². The fourth-order valence-corrected chi connectivity index (χ4v) is 2.65. The fourth-order valence-electron chi connectivity index (χ4n) is 2.65. The summed E-state index contributed by atoms with van der Waals surface area (Å²) in [6.07, 6.45) is 0.845. The number of rotatable bonds is 9. The number of carboxylic acids is 1. The Morgan fingerprint density at radius 2 is 1.77 bits per heavy atom. The van der Waals surface area contributed by atoms with Gasteiger partial charge in [-0.15, -0.1) is 0 Å². The summed E-state index contributed by atoms with van der Waals surface area (Å²) in [5.41, 5.74) is 1.77. The Morgan fingerprint density at radius 3 is 2.35 bits per heavy atom. The molecule has 0 bridgehead atoms. The number of nitrogens with one attached hydrogen (secondary N) is 1. The Balaban J connectivity index is 2.35. The number of benzene rings is 2. The van der Waals surface area contributed by atoms with Crippen LogP contribution in [0.4, 0.5) is 5.69 Å². The molecule has 0 saturated carbocycles. The van der Waals surface area contributed by atoms with E-state index in [1.54, 1.807) is 12.1 Å². The summed E-state index contributed by atoms with van der Waals surface area (Å²) in [5, 5.41) is 12.0. The van der Waals surface area contributed by atoms with E-state index in [-0.39, 0.29) is 12.2 Å². The molecule has 26 heavy (non-hydrogen) atoms. The zero-order valence-electron chi connectivity index (χ0n) is 15.1. The first-order valence-electron chi connectivity index (χ1n) is 8.29. The minimum Gasteiger partial charge on any atom is -0.493 e. The van der Waals surface area contributed by atoms with E-state index in [9.17, 15) is 9.59 Å². The van der Waals surface area contributed by atoms with Gasteiger partial charge in [0.1, 0.15) is 6.04 Å². The third kappa shape index (κ3) is 4.53. The molecule has 6 nitrogen and oxygen atoms in total. The number of hydrogen-bond donors (Lipinski definition) is 2. The summed E-state index contributed by atoms with van der Waals surface area (Å²) in [6, 6.07) is 12.1. The summed E-state index contributed by atoms with van der Waals surface area (Å²) in [7, 11) is 2.94. The highest BCUT2D eigenvalue weighted by Gasteiger charge is 2.23. The molecule has 0 fully saturated rings. The average molecular weight is 357 g/mol. The monoisotopic (exact) mass is 357 g/mol. The highest BCUT2D eigenvalue weighted by Crippen LogP contribution is 2.37. The van der Waals surface area contributed by atoms with Crippen LogP contribution in [0.5, 0.6) is 11.5 Å². The number of hydrogen-bond acceptors (Lipinski definition) is 5. The zero-order chi connectivity index (χ0) is 19.1. The minimum atomic E-state index is -1.01. The van der Waals surface area contributed by atoms with Gasteiger partial charge in [-0.3, -0.25) is 9.59 Å². The van der Waals surface area contributed by atoms with Crippen LogP contribution in [0.1, 0.15) is 29.3 Å². The Bertz CT molecular complexity index is 773. The van der Waals surface area contributed by atoms with Crippen molar-refractivity contribution in [1.82, 2.24) is 0 Å². The Morgan fingerprint density at radius 1 is 1.08 bits per heavy atom. The van der Waals surface area contributed by atoms with Crippen molar-refractivity contribution < 1.29 is 24.2 Å². The number of methoxy groups -OCH3 is 2. The lowest BCUT2D eigenvalue weighted by Crippen LogP contribution is -2.26. The SMILES string of the molecule is COc1ccc(N[C@@H](C)C(=O)O)c(C(=O)CCc2ccccc2)c1OC. The third-order valence-corrected chi connectivity index (χ3v) is 4.05. The van der Waals surface area contributed by atoms with Crippen LogP contribution in [0.3, 0.4) is 0 Å². The number of carbonyl (C=O) groups is 2. The first-order valence-corrected chi connectivity index (χ1v) is 8.29. The molecule has 0 saturated heterocycles. The van der Waals surface area contributed by atoms with Gasteiger partial charge >= 0.3 is 5.97 Å². The Kier molecular flexibility index (Phi) is 6.60. The van der Waals surface area contributed by atoms with Crippen molar-refractivity contribution in [2.45, 2.75) is 25.8 Å². The van der Waals surface area contributed by atoms with Crippen molar-refractivity contribution in [1.29, 1.82) is 0 Å². The van der Waals surface area contributed by atoms with Gasteiger partial charge in [0.2, 0.25) is 0 Å². The molecule has 0 aromatic heterocycles. The number of ether oxygens (including phenoxy) is 2. The predicted molar refractivity (Wildman–Crippen MR) is 99.4 cm³/mol. The molecular weight excluding hydrogens is 334 g/mol. The molecule has 1 atom stereocenters. The van der Waals surface area contributed by atoms with E-state index in [1.165, 1.54) is 21.1 Å². The minimum absolute atomic E-state index is 0.148. The molecule has 0 spiro atoms. The lowest BCUT2D eigenvalue weighted by Gasteiger charge is -2.19. The topological polar surface area (TPSA) is 84.9 Å². The molecule has 0 aliphatic rings. The summed E-state index contributed by atoms with van der Waals surface area (Å²) >= 11 is 0. The number of carboxylic acid groups (broad SMARTS) is 1. The van der Waals surface area contributed by atoms with E-state index in [4.69, 9.17) is 14.6 Å². The summed E-state index contributed by atoms with van der Waals surface area (Å²) < 4.78 is 10.7.